The minimum atomic E-state index is 0.0666. The van der Waals surface area contributed by atoms with E-state index in [2.05, 4.69) is 17.1 Å². The summed E-state index contributed by atoms with van der Waals surface area (Å²) in [6.07, 6.45) is 6.16. The molecule has 5 heteroatoms. The zero-order chi connectivity index (χ0) is 17.7. The fourth-order valence-electron chi connectivity index (χ4n) is 3.83. The topological polar surface area (TPSA) is 67.6 Å². The van der Waals surface area contributed by atoms with E-state index in [0.717, 1.165) is 43.7 Å². The van der Waals surface area contributed by atoms with Crippen LogP contribution in [0, 0.1) is 5.41 Å². The molecule has 0 bridgehead atoms. The van der Waals surface area contributed by atoms with Crippen LogP contribution in [0.25, 0.3) is 0 Å². The second kappa shape index (κ2) is 8.19. The van der Waals surface area contributed by atoms with Crippen molar-refractivity contribution in [2.75, 3.05) is 26.2 Å². The second-order valence-corrected chi connectivity index (χ2v) is 7.88. The third-order valence-corrected chi connectivity index (χ3v) is 5.54. The molecule has 3 rings (SSSR count). The Morgan fingerprint density at radius 3 is 2.84 bits per heavy atom. The monoisotopic (exact) mass is 345 g/mol. The van der Waals surface area contributed by atoms with Crippen LogP contribution < -0.4 is 15.8 Å². The Kier molecular flexibility index (Phi) is 5.97. The van der Waals surface area contributed by atoms with E-state index in [1.807, 2.05) is 24.3 Å². The lowest BCUT2D eigenvalue weighted by atomic mass is 9.90. The molecule has 2 fully saturated rings. The fraction of sp³-hybridized carbons (Fsp3) is 0.650. The Morgan fingerprint density at radius 2 is 2.12 bits per heavy atom. The molecule has 1 atom stereocenters. The van der Waals surface area contributed by atoms with Gasteiger partial charge < -0.3 is 15.8 Å². The first kappa shape index (κ1) is 18.2. The van der Waals surface area contributed by atoms with E-state index in [1.54, 1.807) is 0 Å². The lowest BCUT2D eigenvalue weighted by Gasteiger charge is -2.22. The van der Waals surface area contributed by atoms with Crippen LogP contribution in [-0.4, -0.2) is 43.1 Å². The predicted octanol–water partition coefficient (Wildman–Crippen LogP) is 2.29. The van der Waals surface area contributed by atoms with Gasteiger partial charge >= 0.3 is 0 Å². The van der Waals surface area contributed by atoms with E-state index in [9.17, 15) is 4.79 Å². The molecule has 1 aliphatic heterocycles. The van der Waals surface area contributed by atoms with Gasteiger partial charge in [0.05, 0.1) is 12.6 Å². The van der Waals surface area contributed by atoms with E-state index < -0.39 is 0 Å². The van der Waals surface area contributed by atoms with E-state index >= 15 is 0 Å². The number of carbonyl (C=O) groups is 1. The molecule has 138 valence electrons. The summed E-state index contributed by atoms with van der Waals surface area (Å²) in [5.74, 6) is 0.975. The molecule has 2 aliphatic rings. The Balaban J connectivity index is 1.49. The molecule has 0 radical (unpaired) electrons. The van der Waals surface area contributed by atoms with Gasteiger partial charge in [-0.05, 0) is 56.7 Å². The van der Waals surface area contributed by atoms with Crippen LogP contribution in [0.5, 0.6) is 5.75 Å². The van der Waals surface area contributed by atoms with Crippen LogP contribution in [0.4, 0.5) is 0 Å². The van der Waals surface area contributed by atoms with Crippen molar-refractivity contribution in [3.05, 3.63) is 29.8 Å². The first-order valence-electron chi connectivity index (χ1n) is 9.52. The molecule has 1 aromatic rings. The molecule has 1 amide bonds. The van der Waals surface area contributed by atoms with E-state index in [0.29, 0.717) is 25.7 Å². The lowest BCUT2D eigenvalue weighted by molar-refractivity contribution is -0.122. The number of nitrogens with two attached hydrogens (primary N) is 1. The van der Waals surface area contributed by atoms with Crippen LogP contribution >= 0.6 is 0 Å². The highest BCUT2D eigenvalue weighted by atomic mass is 16.5. The minimum absolute atomic E-state index is 0.0666. The van der Waals surface area contributed by atoms with Gasteiger partial charge in [0, 0.05) is 18.7 Å². The van der Waals surface area contributed by atoms with Crippen molar-refractivity contribution in [1.82, 2.24) is 10.2 Å². The number of amides is 1. The molecular weight excluding hydrogens is 314 g/mol. The smallest absolute Gasteiger partial charge is 0.234 e. The highest BCUT2D eigenvalue weighted by Crippen LogP contribution is 2.28. The van der Waals surface area contributed by atoms with Crippen molar-refractivity contribution >= 4 is 5.91 Å². The molecule has 5 nitrogen and oxygen atoms in total. The molecule has 1 saturated heterocycles. The summed E-state index contributed by atoms with van der Waals surface area (Å²) in [7, 11) is 0. The van der Waals surface area contributed by atoms with Gasteiger partial charge in [-0.1, -0.05) is 25.1 Å². The number of hydrogen-bond donors (Lipinski definition) is 2. The first-order valence-corrected chi connectivity index (χ1v) is 9.52. The largest absolute Gasteiger partial charge is 0.490 e. The van der Waals surface area contributed by atoms with Gasteiger partial charge in [0.15, 0.2) is 0 Å². The molecule has 0 spiro atoms. The number of nitrogens with one attached hydrogen (secondary N) is 1. The molecule has 1 saturated carbocycles. The zero-order valence-electron chi connectivity index (χ0n) is 15.3. The SMILES string of the molecule is CC1(CN)CCN(CC(=O)NCc2ccccc2OC2CCCC2)C1. The number of likely N-dealkylation sites (tertiary alicyclic amines) is 1. The van der Waals surface area contributed by atoms with Crippen molar-refractivity contribution in [2.45, 2.75) is 51.7 Å². The molecule has 0 aromatic heterocycles. The highest BCUT2D eigenvalue weighted by Gasteiger charge is 2.33. The van der Waals surface area contributed by atoms with Crippen molar-refractivity contribution in [2.24, 2.45) is 11.1 Å². The van der Waals surface area contributed by atoms with Crippen LogP contribution in [0.3, 0.4) is 0 Å². The van der Waals surface area contributed by atoms with Crippen LogP contribution in [0.2, 0.25) is 0 Å². The van der Waals surface area contributed by atoms with E-state index in [1.165, 1.54) is 12.8 Å². The first-order chi connectivity index (χ1) is 12.1. The standard InChI is InChI=1S/C20H31N3O2/c1-20(14-21)10-11-23(15-20)13-19(24)22-12-16-6-2-5-9-18(16)25-17-7-3-4-8-17/h2,5-6,9,17H,3-4,7-8,10-15,21H2,1H3,(H,22,24). The van der Waals surface area contributed by atoms with Gasteiger partial charge in [-0.15, -0.1) is 0 Å². The number of carbonyl (C=O) groups excluding carboxylic acids is 1. The van der Waals surface area contributed by atoms with Crippen LogP contribution in [0.1, 0.15) is 44.6 Å². The maximum Gasteiger partial charge on any atom is 0.234 e. The average Bonchev–Trinajstić information content (AvgIpc) is 3.25. The van der Waals surface area contributed by atoms with E-state index in [-0.39, 0.29) is 11.3 Å². The number of rotatable bonds is 7. The Labute approximate surface area is 150 Å². The van der Waals surface area contributed by atoms with Gasteiger partial charge in [-0.2, -0.15) is 0 Å². The lowest BCUT2D eigenvalue weighted by Crippen LogP contribution is -2.38. The molecule has 1 aliphatic carbocycles. The summed E-state index contributed by atoms with van der Waals surface area (Å²) in [5, 5.41) is 3.04. The van der Waals surface area contributed by atoms with Gasteiger partial charge in [0.25, 0.3) is 0 Å². The predicted molar refractivity (Wildman–Crippen MR) is 99.4 cm³/mol. The summed E-state index contributed by atoms with van der Waals surface area (Å²) < 4.78 is 6.14. The summed E-state index contributed by atoms with van der Waals surface area (Å²) in [4.78, 5) is 14.5. The third-order valence-electron chi connectivity index (χ3n) is 5.54. The summed E-state index contributed by atoms with van der Waals surface area (Å²) in [6, 6.07) is 8.03. The van der Waals surface area contributed by atoms with Crippen molar-refractivity contribution < 1.29 is 9.53 Å². The molecular formula is C20H31N3O2. The third kappa shape index (κ3) is 4.95. The number of para-hydroxylation sites is 1. The fourth-order valence-corrected chi connectivity index (χ4v) is 3.83. The zero-order valence-corrected chi connectivity index (χ0v) is 15.3. The van der Waals surface area contributed by atoms with Gasteiger partial charge in [-0.25, -0.2) is 0 Å². The van der Waals surface area contributed by atoms with Gasteiger partial charge in [0.1, 0.15) is 5.75 Å². The molecule has 1 heterocycles. The Morgan fingerprint density at radius 1 is 1.36 bits per heavy atom. The minimum Gasteiger partial charge on any atom is -0.490 e. The molecule has 1 aromatic carbocycles. The molecule has 25 heavy (non-hydrogen) atoms. The van der Waals surface area contributed by atoms with Crippen molar-refractivity contribution in [3.63, 3.8) is 0 Å². The Bertz CT molecular complexity index is 586. The van der Waals surface area contributed by atoms with E-state index in [4.69, 9.17) is 10.5 Å². The second-order valence-electron chi connectivity index (χ2n) is 7.88. The van der Waals surface area contributed by atoms with Gasteiger partial charge in [0.2, 0.25) is 5.91 Å². The number of nitrogens with zero attached hydrogens (tertiary/aromatic N) is 1. The summed E-state index contributed by atoms with van der Waals surface area (Å²) in [5.41, 5.74) is 7.04. The summed E-state index contributed by atoms with van der Waals surface area (Å²) >= 11 is 0. The highest BCUT2D eigenvalue weighted by molar-refractivity contribution is 5.78. The normalized spacial score (nSPS) is 24.6. The number of ether oxygens (including phenoxy) is 1. The quantitative estimate of drug-likeness (QED) is 0.796. The number of hydrogen-bond acceptors (Lipinski definition) is 4. The Hall–Kier alpha value is -1.59. The number of benzene rings is 1. The van der Waals surface area contributed by atoms with Gasteiger partial charge in [-0.3, -0.25) is 9.69 Å². The maximum atomic E-state index is 12.3. The molecule has 1 unspecified atom stereocenters. The van der Waals surface area contributed by atoms with Crippen molar-refractivity contribution in [1.29, 1.82) is 0 Å². The van der Waals surface area contributed by atoms with Crippen LogP contribution in [0.15, 0.2) is 24.3 Å². The maximum absolute atomic E-state index is 12.3. The average molecular weight is 345 g/mol. The van der Waals surface area contributed by atoms with Crippen LogP contribution in [-0.2, 0) is 11.3 Å². The van der Waals surface area contributed by atoms with Crippen molar-refractivity contribution in [3.8, 4) is 5.75 Å². The summed E-state index contributed by atoms with van der Waals surface area (Å²) in [6.45, 7) is 5.68. The molecule has 3 N–H and O–H groups in total.